The van der Waals surface area contributed by atoms with Crippen LogP contribution in [-0.4, -0.2) is 30.6 Å². The molecule has 0 radical (unpaired) electrons. The van der Waals surface area contributed by atoms with E-state index in [1.54, 1.807) is 0 Å². The van der Waals surface area contributed by atoms with Gasteiger partial charge >= 0.3 is 0 Å². The Kier molecular flexibility index (Phi) is 4.37. The van der Waals surface area contributed by atoms with Crippen LogP contribution in [0, 0.1) is 11.3 Å². The van der Waals surface area contributed by atoms with Crippen molar-refractivity contribution in [1.29, 1.82) is 0 Å². The van der Waals surface area contributed by atoms with Gasteiger partial charge in [0.1, 0.15) is 0 Å². The number of nitrogens with zero attached hydrogens (tertiary/aromatic N) is 1. The van der Waals surface area contributed by atoms with Crippen LogP contribution in [0.15, 0.2) is 30.3 Å². The van der Waals surface area contributed by atoms with Crippen molar-refractivity contribution in [3.63, 3.8) is 0 Å². The molecule has 0 amide bonds. The summed E-state index contributed by atoms with van der Waals surface area (Å²) in [5, 5.41) is 3.74. The normalized spacial score (nSPS) is 25.2. The van der Waals surface area contributed by atoms with Gasteiger partial charge in [0.2, 0.25) is 0 Å². The van der Waals surface area contributed by atoms with E-state index in [1.807, 2.05) is 0 Å². The van der Waals surface area contributed by atoms with Crippen molar-refractivity contribution >= 4 is 0 Å². The zero-order valence-corrected chi connectivity index (χ0v) is 13.8. The largest absolute Gasteiger partial charge is 0.312 e. The van der Waals surface area contributed by atoms with Crippen LogP contribution in [0.4, 0.5) is 0 Å². The van der Waals surface area contributed by atoms with Crippen molar-refractivity contribution in [2.75, 3.05) is 19.6 Å². The van der Waals surface area contributed by atoms with Crippen LogP contribution in [-0.2, 0) is 0 Å². The summed E-state index contributed by atoms with van der Waals surface area (Å²) in [6.45, 7) is 10.8. The van der Waals surface area contributed by atoms with E-state index < -0.39 is 0 Å². The highest BCUT2D eigenvalue weighted by Gasteiger charge is 2.35. The fourth-order valence-corrected chi connectivity index (χ4v) is 3.48. The second kappa shape index (κ2) is 6.10. The first-order valence-corrected chi connectivity index (χ1v) is 8.56. The van der Waals surface area contributed by atoms with Crippen LogP contribution >= 0.6 is 0 Å². The van der Waals surface area contributed by atoms with E-state index in [2.05, 4.69) is 61.3 Å². The molecule has 1 aliphatic heterocycles. The first-order valence-electron chi connectivity index (χ1n) is 8.56. The molecule has 3 rings (SSSR count). The van der Waals surface area contributed by atoms with Crippen molar-refractivity contribution in [2.24, 2.45) is 11.3 Å². The Morgan fingerprint density at radius 2 is 1.86 bits per heavy atom. The smallest absolute Gasteiger partial charge is 0.0472 e. The molecule has 2 atom stereocenters. The number of rotatable bonds is 5. The monoisotopic (exact) mass is 286 g/mol. The van der Waals surface area contributed by atoms with E-state index in [0.29, 0.717) is 11.5 Å². The van der Waals surface area contributed by atoms with Gasteiger partial charge in [-0.05, 0) is 42.7 Å². The van der Waals surface area contributed by atoms with Crippen LogP contribution < -0.4 is 5.32 Å². The Bertz CT molecular complexity index is 444. The SMILES string of the molecule is CC(C)(C)C1CCN(C(CNC2CC2)c2ccccc2)C1. The molecule has 2 unspecified atom stereocenters. The molecule has 2 aliphatic rings. The van der Waals surface area contributed by atoms with E-state index in [9.17, 15) is 0 Å². The summed E-state index contributed by atoms with van der Waals surface area (Å²) < 4.78 is 0. The van der Waals surface area contributed by atoms with Crippen molar-refractivity contribution in [3.8, 4) is 0 Å². The molecule has 2 nitrogen and oxygen atoms in total. The molecule has 1 aromatic carbocycles. The number of benzene rings is 1. The van der Waals surface area contributed by atoms with Crippen LogP contribution in [0.5, 0.6) is 0 Å². The molecule has 0 aromatic heterocycles. The standard InChI is InChI=1S/C19H30N2/c1-19(2,3)16-11-12-21(14-16)18(13-20-17-9-10-17)15-7-5-4-6-8-15/h4-8,16-18,20H,9-14H2,1-3H3. The molecule has 1 aromatic rings. The van der Waals surface area contributed by atoms with E-state index in [4.69, 9.17) is 0 Å². The van der Waals surface area contributed by atoms with Crippen LogP contribution in [0.2, 0.25) is 0 Å². The third-order valence-electron chi connectivity index (χ3n) is 5.25. The van der Waals surface area contributed by atoms with Gasteiger partial charge < -0.3 is 5.32 Å². The highest BCUT2D eigenvalue weighted by molar-refractivity contribution is 5.20. The molecule has 1 saturated carbocycles. The number of hydrogen-bond donors (Lipinski definition) is 1. The fraction of sp³-hybridized carbons (Fsp3) is 0.684. The molecular formula is C19H30N2. The first kappa shape index (κ1) is 15.1. The summed E-state index contributed by atoms with van der Waals surface area (Å²) in [5.41, 5.74) is 1.90. The Balaban J connectivity index is 1.69. The quantitative estimate of drug-likeness (QED) is 0.884. The van der Waals surface area contributed by atoms with E-state index in [-0.39, 0.29) is 0 Å². The molecule has 0 bridgehead atoms. The average Bonchev–Trinajstić information content (AvgIpc) is 3.14. The molecule has 1 saturated heterocycles. The third kappa shape index (κ3) is 3.87. The molecule has 0 spiro atoms. The molecule has 2 heteroatoms. The topological polar surface area (TPSA) is 15.3 Å². The van der Waals surface area contributed by atoms with Gasteiger partial charge in [-0.1, -0.05) is 51.1 Å². The van der Waals surface area contributed by atoms with Gasteiger partial charge in [-0.2, -0.15) is 0 Å². The minimum absolute atomic E-state index is 0.430. The predicted octanol–water partition coefficient (Wildman–Crippen LogP) is 3.85. The van der Waals surface area contributed by atoms with Gasteiger partial charge in [0.05, 0.1) is 0 Å². The van der Waals surface area contributed by atoms with Gasteiger partial charge in [0.25, 0.3) is 0 Å². The fourth-order valence-electron chi connectivity index (χ4n) is 3.48. The summed E-state index contributed by atoms with van der Waals surface area (Å²) in [5.74, 6) is 0.824. The summed E-state index contributed by atoms with van der Waals surface area (Å²) in [6.07, 6.45) is 4.08. The predicted molar refractivity (Wildman–Crippen MR) is 89.3 cm³/mol. The maximum absolute atomic E-state index is 3.74. The lowest BCUT2D eigenvalue weighted by atomic mass is 9.80. The minimum Gasteiger partial charge on any atom is -0.312 e. The molecule has 1 aliphatic carbocycles. The van der Waals surface area contributed by atoms with Gasteiger partial charge in [-0.3, -0.25) is 4.90 Å². The summed E-state index contributed by atoms with van der Waals surface area (Å²) in [4.78, 5) is 2.71. The lowest BCUT2D eigenvalue weighted by Crippen LogP contribution is -2.36. The lowest BCUT2D eigenvalue weighted by molar-refractivity contribution is 0.191. The van der Waals surface area contributed by atoms with Gasteiger partial charge in [-0.25, -0.2) is 0 Å². The van der Waals surface area contributed by atoms with Crippen molar-refractivity contribution in [1.82, 2.24) is 10.2 Å². The third-order valence-corrected chi connectivity index (χ3v) is 5.25. The van der Waals surface area contributed by atoms with E-state index in [0.717, 1.165) is 18.5 Å². The van der Waals surface area contributed by atoms with Crippen LogP contribution in [0.3, 0.4) is 0 Å². The zero-order chi connectivity index (χ0) is 14.9. The molecule has 1 heterocycles. The Morgan fingerprint density at radius 3 is 2.43 bits per heavy atom. The van der Waals surface area contributed by atoms with Gasteiger partial charge in [-0.15, -0.1) is 0 Å². The van der Waals surface area contributed by atoms with Crippen LogP contribution in [0.25, 0.3) is 0 Å². The average molecular weight is 286 g/mol. The summed E-state index contributed by atoms with van der Waals surface area (Å²) >= 11 is 0. The number of likely N-dealkylation sites (tertiary alicyclic amines) is 1. The highest BCUT2D eigenvalue weighted by atomic mass is 15.2. The Hall–Kier alpha value is -0.860. The van der Waals surface area contributed by atoms with Gasteiger partial charge in [0.15, 0.2) is 0 Å². The highest BCUT2D eigenvalue weighted by Crippen LogP contribution is 2.37. The Labute approximate surface area is 129 Å². The van der Waals surface area contributed by atoms with Crippen molar-refractivity contribution < 1.29 is 0 Å². The van der Waals surface area contributed by atoms with Crippen LogP contribution in [0.1, 0.15) is 51.6 Å². The zero-order valence-electron chi connectivity index (χ0n) is 13.8. The molecular weight excluding hydrogens is 256 g/mol. The summed E-state index contributed by atoms with van der Waals surface area (Å²) in [7, 11) is 0. The maximum Gasteiger partial charge on any atom is 0.0472 e. The number of hydrogen-bond acceptors (Lipinski definition) is 2. The molecule has 2 fully saturated rings. The second-order valence-corrected chi connectivity index (χ2v) is 7.96. The lowest BCUT2D eigenvalue weighted by Gasteiger charge is -2.31. The molecule has 1 N–H and O–H groups in total. The van der Waals surface area contributed by atoms with Crippen molar-refractivity contribution in [3.05, 3.63) is 35.9 Å². The second-order valence-electron chi connectivity index (χ2n) is 7.96. The molecule has 21 heavy (non-hydrogen) atoms. The van der Waals surface area contributed by atoms with E-state index in [1.165, 1.54) is 37.9 Å². The maximum atomic E-state index is 3.74. The van der Waals surface area contributed by atoms with Crippen molar-refractivity contribution in [2.45, 2.75) is 52.1 Å². The minimum atomic E-state index is 0.430. The van der Waals surface area contributed by atoms with E-state index >= 15 is 0 Å². The van der Waals surface area contributed by atoms with Gasteiger partial charge in [0, 0.05) is 25.2 Å². The summed E-state index contributed by atoms with van der Waals surface area (Å²) in [6, 6.07) is 12.4. The Morgan fingerprint density at radius 1 is 1.14 bits per heavy atom. The number of nitrogens with one attached hydrogen (secondary N) is 1. The first-order chi connectivity index (χ1) is 10.0. The molecule has 116 valence electrons.